The van der Waals surface area contributed by atoms with Crippen LogP contribution in [-0.4, -0.2) is 36.2 Å². The van der Waals surface area contributed by atoms with Crippen LogP contribution in [-0.2, 0) is 22.3 Å². The molecule has 0 saturated carbocycles. The summed E-state index contributed by atoms with van der Waals surface area (Å²) < 4.78 is 45.6. The van der Waals surface area contributed by atoms with Gasteiger partial charge >= 0.3 is 12.1 Å². The predicted molar refractivity (Wildman–Crippen MR) is 174 cm³/mol. The van der Waals surface area contributed by atoms with Gasteiger partial charge in [0, 0.05) is 36.1 Å². The number of imidazole rings is 1. The van der Waals surface area contributed by atoms with Crippen molar-refractivity contribution >= 4 is 47.0 Å². The molecule has 0 aliphatic heterocycles. The van der Waals surface area contributed by atoms with Gasteiger partial charge in [0.15, 0.2) is 0 Å². The molecule has 5 aromatic rings. The van der Waals surface area contributed by atoms with Crippen molar-refractivity contribution in [3.8, 4) is 22.4 Å². The molecule has 0 radical (unpaired) electrons. The number of anilines is 1. The van der Waals surface area contributed by atoms with E-state index >= 15 is 0 Å². The number of hydrogen-bond donors (Lipinski definition) is 0. The van der Waals surface area contributed by atoms with Crippen LogP contribution >= 0.6 is 23.2 Å². The fraction of sp³-hybridized carbons (Fsp3) is 0.143. The molecule has 5 rings (SSSR count). The Morgan fingerprint density at radius 3 is 2.16 bits per heavy atom. The number of halogens is 5. The molecule has 4 aromatic carbocycles. The average Bonchev–Trinajstić information content (AvgIpc) is 3.42. The number of aromatic nitrogens is 2. The molecule has 0 atom stereocenters. The minimum absolute atomic E-state index is 0.142. The Morgan fingerprint density at radius 2 is 1.56 bits per heavy atom. The fourth-order valence-electron chi connectivity index (χ4n) is 4.73. The molecule has 0 saturated heterocycles. The van der Waals surface area contributed by atoms with Crippen molar-refractivity contribution in [3.63, 3.8) is 0 Å². The maximum atomic E-state index is 12.9. The van der Waals surface area contributed by atoms with Gasteiger partial charge in [-0.05, 0) is 70.8 Å². The highest BCUT2D eigenvalue weighted by Crippen LogP contribution is 2.32. The van der Waals surface area contributed by atoms with Crippen molar-refractivity contribution < 1.29 is 22.7 Å². The van der Waals surface area contributed by atoms with Gasteiger partial charge in [-0.15, -0.1) is 0 Å². The lowest BCUT2D eigenvalue weighted by atomic mass is 10.0. The minimum atomic E-state index is -4.37. The fourth-order valence-corrected chi connectivity index (χ4v) is 5.23. The van der Waals surface area contributed by atoms with Crippen LogP contribution in [0.5, 0.6) is 0 Å². The molecule has 1 heterocycles. The first kappa shape index (κ1) is 31.9. The lowest BCUT2D eigenvalue weighted by Gasteiger charge is -2.18. The molecular formula is C35H28Cl2F3N3O2. The van der Waals surface area contributed by atoms with Gasteiger partial charge in [0.05, 0.1) is 23.4 Å². The second kappa shape index (κ2) is 13.6. The SMILES string of the molecule is COC(=O)CN(C)c1ccc(Cn2cc(-c3ccc(Cl)cc3Cl)nc2C=Cc2ccc(-c3ccc(C(F)(F)F)cc3)cc2)cc1. The van der Waals surface area contributed by atoms with E-state index in [0.29, 0.717) is 33.7 Å². The van der Waals surface area contributed by atoms with Crippen LogP contribution in [0, 0.1) is 0 Å². The second-order valence-corrected chi connectivity index (χ2v) is 11.2. The second-order valence-electron chi connectivity index (χ2n) is 10.4. The smallest absolute Gasteiger partial charge is 0.416 e. The third-order valence-corrected chi connectivity index (χ3v) is 7.77. The highest BCUT2D eigenvalue weighted by molar-refractivity contribution is 6.36. The Hall–Kier alpha value is -4.53. The molecule has 0 aliphatic rings. The zero-order valence-electron chi connectivity index (χ0n) is 24.4. The topological polar surface area (TPSA) is 47.4 Å². The summed E-state index contributed by atoms with van der Waals surface area (Å²) in [6.45, 7) is 0.661. The number of likely N-dealkylation sites (N-methyl/N-ethyl adjacent to an activating group) is 1. The van der Waals surface area contributed by atoms with Gasteiger partial charge in [-0.2, -0.15) is 13.2 Å². The highest BCUT2D eigenvalue weighted by atomic mass is 35.5. The first-order valence-corrected chi connectivity index (χ1v) is 14.6. The molecule has 0 unspecified atom stereocenters. The molecule has 5 nitrogen and oxygen atoms in total. The molecule has 10 heteroatoms. The molecule has 0 amide bonds. The monoisotopic (exact) mass is 649 g/mol. The molecule has 1 aromatic heterocycles. The Balaban J connectivity index is 1.39. The maximum Gasteiger partial charge on any atom is 0.416 e. The van der Waals surface area contributed by atoms with Crippen LogP contribution in [0.15, 0.2) is 97.2 Å². The molecule has 45 heavy (non-hydrogen) atoms. The van der Waals surface area contributed by atoms with Crippen LogP contribution in [0.2, 0.25) is 10.0 Å². The number of benzene rings is 4. The van der Waals surface area contributed by atoms with E-state index in [2.05, 4.69) is 0 Å². The first-order valence-electron chi connectivity index (χ1n) is 13.9. The van der Waals surface area contributed by atoms with Gasteiger partial charge in [0.2, 0.25) is 0 Å². The molecule has 230 valence electrons. The summed E-state index contributed by atoms with van der Waals surface area (Å²) in [5.41, 5.74) is 5.05. The van der Waals surface area contributed by atoms with E-state index in [-0.39, 0.29) is 12.5 Å². The lowest BCUT2D eigenvalue weighted by Crippen LogP contribution is -2.26. The molecule has 0 spiro atoms. The van der Waals surface area contributed by atoms with E-state index in [4.69, 9.17) is 32.9 Å². The first-order chi connectivity index (χ1) is 21.5. The van der Waals surface area contributed by atoms with Crippen LogP contribution < -0.4 is 4.90 Å². The van der Waals surface area contributed by atoms with Crippen molar-refractivity contribution in [3.05, 3.63) is 130 Å². The Labute approximate surface area is 269 Å². The maximum absolute atomic E-state index is 12.9. The van der Waals surface area contributed by atoms with Gasteiger partial charge in [-0.3, -0.25) is 4.79 Å². The van der Waals surface area contributed by atoms with Crippen LogP contribution in [0.3, 0.4) is 0 Å². The summed E-state index contributed by atoms with van der Waals surface area (Å²) in [6.07, 6.45) is 1.38. The zero-order valence-corrected chi connectivity index (χ0v) is 25.9. The van der Waals surface area contributed by atoms with E-state index < -0.39 is 11.7 Å². The van der Waals surface area contributed by atoms with Gasteiger partial charge in [-0.25, -0.2) is 4.98 Å². The quantitative estimate of drug-likeness (QED) is 0.149. The van der Waals surface area contributed by atoms with E-state index in [0.717, 1.165) is 40.1 Å². The zero-order chi connectivity index (χ0) is 32.1. The van der Waals surface area contributed by atoms with Crippen molar-refractivity contribution in [2.45, 2.75) is 12.7 Å². The van der Waals surface area contributed by atoms with Gasteiger partial charge in [0.25, 0.3) is 0 Å². The summed E-state index contributed by atoms with van der Waals surface area (Å²) in [5.74, 6) is 0.369. The van der Waals surface area contributed by atoms with Crippen molar-refractivity contribution in [2.75, 3.05) is 25.6 Å². The highest BCUT2D eigenvalue weighted by Gasteiger charge is 2.30. The van der Waals surface area contributed by atoms with E-state index in [1.807, 2.05) is 89.5 Å². The number of esters is 1. The van der Waals surface area contributed by atoms with Gasteiger partial charge in [0.1, 0.15) is 12.4 Å². The number of hydrogen-bond acceptors (Lipinski definition) is 4. The van der Waals surface area contributed by atoms with E-state index in [1.54, 1.807) is 12.1 Å². The number of carbonyl (C=O) groups excluding carboxylic acids is 1. The van der Waals surface area contributed by atoms with Gasteiger partial charge in [-0.1, -0.05) is 77.8 Å². The third-order valence-electron chi connectivity index (χ3n) is 7.22. The Bertz CT molecular complexity index is 1820. The number of methoxy groups -OCH3 is 1. The summed E-state index contributed by atoms with van der Waals surface area (Å²) in [4.78, 5) is 18.3. The number of nitrogens with zero attached hydrogens (tertiary/aromatic N) is 3. The Morgan fingerprint density at radius 1 is 0.911 bits per heavy atom. The minimum Gasteiger partial charge on any atom is -0.468 e. The van der Waals surface area contributed by atoms with Crippen LogP contribution in [0.25, 0.3) is 34.5 Å². The molecule has 0 aliphatic carbocycles. The third kappa shape index (κ3) is 7.95. The standard InChI is InChI=1S/C35H28Cl2F3N3O2/c1-42(22-34(44)45-2)29-15-5-24(6-16-29)20-43-21-32(30-17-14-28(36)19-31(30)37)41-33(43)18-7-23-3-8-25(9-4-23)26-10-12-27(13-11-26)35(38,39)40/h3-19,21H,20,22H2,1-2H3. The number of alkyl halides is 3. The van der Waals surface area contributed by atoms with E-state index in [1.165, 1.54) is 19.2 Å². The molecule has 0 bridgehead atoms. The molecule has 0 N–H and O–H groups in total. The van der Waals surface area contributed by atoms with Crippen LogP contribution in [0.1, 0.15) is 22.5 Å². The van der Waals surface area contributed by atoms with Crippen molar-refractivity contribution in [1.29, 1.82) is 0 Å². The Kier molecular flexibility index (Phi) is 9.65. The molecular weight excluding hydrogens is 622 g/mol. The summed E-state index contributed by atoms with van der Waals surface area (Å²) in [7, 11) is 3.18. The van der Waals surface area contributed by atoms with Crippen LogP contribution in [0.4, 0.5) is 18.9 Å². The normalized spacial score (nSPS) is 11.6. The number of rotatable bonds is 9. The summed E-state index contributed by atoms with van der Waals surface area (Å²) in [5, 5.41) is 1.01. The van der Waals surface area contributed by atoms with Crippen molar-refractivity contribution in [2.24, 2.45) is 0 Å². The number of carbonyl (C=O) groups is 1. The average molecular weight is 651 g/mol. The molecule has 0 fully saturated rings. The lowest BCUT2D eigenvalue weighted by molar-refractivity contribution is -0.139. The number of ether oxygens (including phenoxy) is 1. The largest absolute Gasteiger partial charge is 0.468 e. The summed E-state index contributed by atoms with van der Waals surface area (Å²) in [6, 6.07) is 25.8. The van der Waals surface area contributed by atoms with Crippen molar-refractivity contribution in [1.82, 2.24) is 9.55 Å². The van der Waals surface area contributed by atoms with E-state index in [9.17, 15) is 18.0 Å². The predicted octanol–water partition coefficient (Wildman–Crippen LogP) is 9.37. The summed E-state index contributed by atoms with van der Waals surface area (Å²) >= 11 is 12.6. The van der Waals surface area contributed by atoms with Gasteiger partial charge < -0.3 is 14.2 Å².